The maximum atomic E-state index is 11.7. The largest absolute Gasteiger partial charge is 0.383 e. The number of carbonyl (C=O) groups is 1. The van der Waals surface area contributed by atoms with Gasteiger partial charge in [0.25, 0.3) is 0 Å². The van der Waals surface area contributed by atoms with Crippen molar-refractivity contribution >= 4 is 22.9 Å². The lowest BCUT2D eigenvalue weighted by Crippen LogP contribution is -2.30. The van der Waals surface area contributed by atoms with E-state index in [1.165, 1.54) is 0 Å². The first-order chi connectivity index (χ1) is 9.79. The van der Waals surface area contributed by atoms with Crippen LogP contribution in [-0.2, 0) is 9.53 Å². The first-order valence-electron chi connectivity index (χ1n) is 6.29. The average molecular weight is 291 g/mol. The quantitative estimate of drug-likeness (QED) is 0.766. The molecular weight excluding hydrogens is 274 g/mol. The highest BCUT2D eigenvalue weighted by molar-refractivity contribution is 7.13. The van der Waals surface area contributed by atoms with E-state index in [1.54, 1.807) is 24.6 Å². The van der Waals surface area contributed by atoms with Gasteiger partial charge in [0.1, 0.15) is 5.01 Å². The third-order valence-corrected chi connectivity index (χ3v) is 3.44. The number of hydrogen-bond donors (Lipinski definition) is 2. The fourth-order valence-electron chi connectivity index (χ4n) is 1.64. The molecule has 0 saturated heterocycles. The van der Waals surface area contributed by atoms with Crippen molar-refractivity contribution in [2.24, 2.45) is 0 Å². The van der Waals surface area contributed by atoms with E-state index in [0.29, 0.717) is 13.2 Å². The van der Waals surface area contributed by atoms with Crippen molar-refractivity contribution in [1.29, 1.82) is 0 Å². The Balaban J connectivity index is 1.83. The molecule has 0 aliphatic rings. The number of nitrogens with zero attached hydrogens (tertiary/aromatic N) is 1. The minimum Gasteiger partial charge on any atom is -0.383 e. The number of amides is 1. The number of aromatic nitrogens is 1. The predicted octanol–water partition coefficient (Wildman–Crippen LogP) is 1.98. The molecule has 20 heavy (non-hydrogen) atoms. The summed E-state index contributed by atoms with van der Waals surface area (Å²) in [5, 5.41) is 8.74. The van der Waals surface area contributed by atoms with Gasteiger partial charge in [-0.2, -0.15) is 0 Å². The Labute approximate surface area is 122 Å². The van der Waals surface area contributed by atoms with Gasteiger partial charge < -0.3 is 15.4 Å². The summed E-state index contributed by atoms with van der Waals surface area (Å²) in [6.07, 6.45) is 1.78. The van der Waals surface area contributed by atoms with Gasteiger partial charge in [0.2, 0.25) is 5.91 Å². The summed E-state index contributed by atoms with van der Waals surface area (Å²) >= 11 is 1.59. The SMILES string of the molecule is COCCNCC(=O)Nc1ccc(-c2nccs2)cc1. The molecule has 0 radical (unpaired) electrons. The van der Waals surface area contributed by atoms with Gasteiger partial charge in [0.15, 0.2) is 0 Å². The number of thiazole rings is 1. The minimum absolute atomic E-state index is 0.0666. The first kappa shape index (κ1) is 14.6. The Morgan fingerprint density at radius 2 is 2.15 bits per heavy atom. The summed E-state index contributed by atoms with van der Waals surface area (Å²) in [5.41, 5.74) is 1.83. The van der Waals surface area contributed by atoms with Crippen molar-refractivity contribution < 1.29 is 9.53 Å². The molecule has 106 valence electrons. The molecule has 2 rings (SSSR count). The molecule has 1 aromatic heterocycles. The van der Waals surface area contributed by atoms with E-state index < -0.39 is 0 Å². The van der Waals surface area contributed by atoms with Crippen LogP contribution in [0.25, 0.3) is 10.6 Å². The molecule has 2 aromatic rings. The normalized spacial score (nSPS) is 10.4. The number of benzene rings is 1. The van der Waals surface area contributed by atoms with Crippen LogP contribution in [-0.4, -0.2) is 37.7 Å². The summed E-state index contributed by atoms with van der Waals surface area (Å²) in [6, 6.07) is 7.66. The van der Waals surface area contributed by atoms with Crippen molar-refractivity contribution in [2.75, 3.05) is 32.1 Å². The maximum Gasteiger partial charge on any atom is 0.238 e. The lowest BCUT2D eigenvalue weighted by Gasteiger charge is -2.07. The van der Waals surface area contributed by atoms with Crippen molar-refractivity contribution in [3.63, 3.8) is 0 Å². The van der Waals surface area contributed by atoms with Crippen molar-refractivity contribution in [3.8, 4) is 10.6 Å². The lowest BCUT2D eigenvalue weighted by molar-refractivity contribution is -0.115. The average Bonchev–Trinajstić information content (AvgIpc) is 2.99. The molecule has 0 unspecified atom stereocenters. The maximum absolute atomic E-state index is 11.7. The third kappa shape index (κ3) is 4.41. The fraction of sp³-hybridized carbons (Fsp3) is 0.286. The summed E-state index contributed by atoms with van der Waals surface area (Å²) in [7, 11) is 1.63. The number of nitrogens with one attached hydrogen (secondary N) is 2. The number of carbonyl (C=O) groups excluding carboxylic acids is 1. The number of methoxy groups -OCH3 is 1. The second kappa shape index (κ2) is 7.74. The van der Waals surface area contributed by atoms with Gasteiger partial charge in [-0.3, -0.25) is 4.79 Å². The zero-order valence-corrected chi connectivity index (χ0v) is 12.1. The Morgan fingerprint density at radius 3 is 2.80 bits per heavy atom. The molecule has 2 N–H and O–H groups in total. The van der Waals surface area contributed by atoms with Crippen molar-refractivity contribution in [3.05, 3.63) is 35.8 Å². The number of ether oxygens (including phenoxy) is 1. The Hall–Kier alpha value is -1.76. The fourth-order valence-corrected chi connectivity index (χ4v) is 2.29. The molecule has 0 atom stereocenters. The highest BCUT2D eigenvalue weighted by Crippen LogP contribution is 2.23. The molecule has 0 spiro atoms. The summed E-state index contributed by atoms with van der Waals surface area (Å²) in [4.78, 5) is 15.9. The van der Waals surface area contributed by atoms with Gasteiger partial charge in [-0.05, 0) is 24.3 Å². The van der Waals surface area contributed by atoms with E-state index in [9.17, 15) is 4.79 Å². The first-order valence-corrected chi connectivity index (χ1v) is 7.17. The van der Waals surface area contributed by atoms with Crippen molar-refractivity contribution in [2.45, 2.75) is 0 Å². The van der Waals surface area contributed by atoms with Crippen molar-refractivity contribution in [1.82, 2.24) is 10.3 Å². The molecule has 0 aliphatic carbocycles. The highest BCUT2D eigenvalue weighted by atomic mass is 32.1. The molecular formula is C14H17N3O2S. The van der Waals surface area contributed by atoms with Gasteiger partial charge in [0.05, 0.1) is 13.2 Å². The molecule has 1 heterocycles. The second-order valence-electron chi connectivity index (χ2n) is 4.13. The zero-order valence-electron chi connectivity index (χ0n) is 11.3. The third-order valence-electron chi connectivity index (χ3n) is 2.62. The zero-order chi connectivity index (χ0) is 14.2. The topological polar surface area (TPSA) is 63.2 Å². The highest BCUT2D eigenvalue weighted by Gasteiger charge is 2.03. The predicted molar refractivity (Wildman–Crippen MR) is 80.9 cm³/mol. The molecule has 0 fully saturated rings. The van der Waals surface area contributed by atoms with Crippen LogP contribution < -0.4 is 10.6 Å². The van der Waals surface area contributed by atoms with Crippen LogP contribution >= 0.6 is 11.3 Å². The summed E-state index contributed by atoms with van der Waals surface area (Å²) in [6.45, 7) is 1.53. The molecule has 0 bridgehead atoms. The van der Waals surface area contributed by atoms with E-state index in [1.807, 2.05) is 29.6 Å². The smallest absolute Gasteiger partial charge is 0.238 e. The van der Waals surface area contributed by atoms with E-state index in [-0.39, 0.29) is 12.5 Å². The van der Waals surface area contributed by atoms with Gasteiger partial charge in [-0.25, -0.2) is 4.98 Å². The van der Waals surface area contributed by atoms with Gasteiger partial charge in [-0.15, -0.1) is 11.3 Å². The molecule has 1 aromatic carbocycles. The lowest BCUT2D eigenvalue weighted by atomic mass is 10.2. The second-order valence-corrected chi connectivity index (χ2v) is 5.03. The molecule has 5 nitrogen and oxygen atoms in total. The van der Waals surface area contributed by atoms with Crippen LogP contribution in [0.15, 0.2) is 35.8 Å². The van der Waals surface area contributed by atoms with Crippen LogP contribution in [0, 0.1) is 0 Å². The van der Waals surface area contributed by atoms with E-state index in [2.05, 4.69) is 15.6 Å². The molecule has 1 amide bonds. The summed E-state index contributed by atoms with van der Waals surface area (Å²) < 4.78 is 4.89. The van der Waals surface area contributed by atoms with E-state index in [4.69, 9.17) is 4.74 Å². The number of anilines is 1. The number of rotatable bonds is 7. The van der Waals surface area contributed by atoms with Gasteiger partial charge in [0, 0.05) is 36.5 Å². The Morgan fingerprint density at radius 1 is 1.35 bits per heavy atom. The van der Waals surface area contributed by atoms with E-state index >= 15 is 0 Å². The van der Waals surface area contributed by atoms with E-state index in [0.717, 1.165) is 16.3 Å². The van der Waals surface area contributed by atoms with Crippen LogP contribution in [0.4, 0.5) is 5.69 Å². The molecule has 0 saturated carbocycles. The Kier molecular flexibility index (Phi) is 5.67. The molecule has 0 aliphatic heterocycles. The Bertz CT molecular complexity index is 526. The van der Waals surface area contributed by atoms with Crippen LogP contribution in [0.3, 0.4) is 0 Å². The summed E-state index contributed by atoms with van der Waals surface area (Å²) in [5.74, 6) is -0.0666. The van der Waals surface area contributed by atoms with Crippen LogP contribution in [0.2, 0.25) is 0 Å². The van der Waals surface area contributed by atoms with Crippen LogP contribution in [0.5, 0.6) is 0 Å². The standard InChI is InChI=1S/C14H17N3O2S/c1-19-8-6-15-10-13(18)17-12-4-2-11(3-5-12)14-16-7-9-20-14/h2-5,7,9,15H,6,8,10H2,1H3,(H,17,18). The molecule has 6 heteroatoms. The number of hydrogen-bond acceptors (Lipinski definition) is 5. The monoisotopic (exact) mass is 291 g/mol. The minimum atomic E-state index is -0.0666. The van der Waals surface area contributed by atoms with Gasteiger partial charge >= 0.3 is 0 Å². The van der Waals surface area contributed by atoms with Gasteiger partial charge in [-0.1, -0.05) is 0 Å². The van der Waals surface area contributed by atoms with Crippen LogP contribution in [0.1, 0.15) is 0 Å².